The van der Waals surface area contributed by atoms with E-state index in [-0.39, 0.29) is 17.7 Å². The van der Waals surface area contributed by atoms with Crippen LogP contribution >= 0.6 is 0 Å². The van der Waals surface area contributed by atoms with Crippen molar-refractivity contribution in [2.75, 3.05) is 44.3 Å². The minimum absolute atomic E-state index is 0.0362. The number of amides is 3. The molecule has 1 fully saturated rings. The molecular formula is C20H32N4O4S. The fraction of sp³-hybridized carbons (Fsp3) is 0.600. The number of rotatable bonds is 8. The molecule has 9 heteroatoms. The van der Waals surface area contributed by atoms with Crippen LogP contribution < -0.4 is 10.6 Å². The Balaban J connectivity index is 1.76. The Hall–Kier alpha value is -2.13. The number of carbonyl (C=O) groups is 2. The SMILES string of the molecule is CCS(=O)(=O)N(C)CCCNC(=O)Nc1ccc(C(=O)N2CCCCCC2)cc1. The van der Waals surface area contributed by atoms with Crippen LogP contribution in [0.1, 0.15) is 49.4 Å². The lowest BCUT2D eigenvalue weighted by molar-refractivity contribution is 0.0761. The number of hydrogen-bond acceptors (Lipinski definition) is 4. The summed E-state index contributed by atoms with van der Waals surface area (Å²) in [6.07, 6.45) is 4.96. The summed E-state index contributed by atoms with van der Waals surface area (Å²) < 4.78 is 24.6. The Kier molecular flexibility index (Phi) is 8.91. The third-order valence-corrected chi connectivity index (χ3v) is 6.92. The van der Waals surface area contributed by atoms with Crippen molar-refractivity contribution in [1.82, 2.24) is 14.5 Å². The van der Waals surface area contributed by atoms with E-state index in [1.807, 2.05) is 4.90 Å². The summed E-state index contributed by atoms with van der Waals surface area (Å²) in [6.45, 7) is 3.92. The first kappa shape index (κ1) is 23.2. The number of hydrogen-bond donors (Lipinski definition) is 2. The van der Waals surface area contributed by atoms with Crippen LogP contribution in [0, 0.1) is 0 Å². The minimum Gasteiger partial charge on any atom is -0.339 e. The van der Waals surface area contributed by atoms with E-state index in [1.54, 1.807) is 31.2 Å². The molecule has 0 bridgehead atoms. The number of anilines is 1. The average molecular weight is 425 g/mol. The zero-order chi connectivity index (χ0) is 21.3. The first-order valence-electron chi connectivity index (χ1n) is 10.2. The highest BCUT2D eigenvalue weighted by atomic mass is 32.2. The van der Waals surface area contributed by atoms with E-state index in [1.165, 1.54) is 24.2 Å². The van der Waals surface area contributed by atoms with Crippen molar-refractivity contribution in [3.63, 3.8) is 0 Å². The van der Waals surface area contributed by atoms with Crippen LogP contribution in [0.3, 0.4) is 0 Å². The van der Waals surface area contributed by atoms with Crippen molar-refractivity contribution in [2.45, 2.75) is 39.0 Å². The summed E-state index contributed by atoms with van der Waals surface area (Å²) in [7, 11) is -1.66. The molecule has 1 aliphatic heterocycles. The van der Waals surface area contributed by atoms with Crippen molar-refractivity contribution < 1.29 is 18.0 Å². The van der Waals surface area contributed by atoms with E-state index >= 15 is 0 Å². The van der Waals surface area contributed by atoms with Crippen molar-refractivity contribution in [3.05, 3.63) is 29.8 Å². The quantitative estimate of drug-likeness (QED) is 0.627. The van der Waals surface area contributed by atoms with Crippen LogP contribution in [0.2, 0.25) is 0 Å². The molecule has 1 aromatic carbocycles. The predicted octanol–water partition coefficient (Wildman–Crippen LogP) is 2.50. The Morgan fingerprint density at radius 3 is 2.28 bits per heavy atom. The van der Waals surface area contributed by atoms with Gasteiger partial charge in [-0.25, -0.2) is 17.5 Å². The first-order valence-corrected chi connectivity index (χ1v) is 11.8. The standard InChI is InChI=1S/C20H32N4O4S/c1-3-29(27,28)23(2)14-8-13-21-20(26)22-18-11-9-17(10-12-18)19(25)24-15-6-4-5-7-16-24/h9-12H,3-8,13-16H2,1-2H3,(H2,21,22,26). The van der Waals surface area contributed by atoms with E-state index in [0.29, 0.717) is 30.8 Å². The van der Waals surface area contributed by atoms with Crippen molar-refractivity contribution in [3.8, 4) is 0 Å². The van der Waals surface area contributed by atoms with Crippen LogP contribution in [0.15, 0.2) is 24.3 Å². The molecule has 0 radical (unpaired) electrons. The van der Waals surface area contributed by atoms with Gasteiger partial charge in [0.25, 0.3) is 5.91 Å². The van der Waals surface area contributed by atoms with Crippen LogP contribution in [0.5, 0.6) is 0 Å². The van der Waals surface area contributed by atoms with Gasteiger partial charge in [0.15, 0.2) is 0 Å². The molecular weight excluding hydrogens is 392 g/mol. The fourth-order valence-electron chi connectivity index (χ4n) is 3.19. The molecule has 1 heterocycles. The molecule has 0 aliphatic carbocycles. The van der Waals surface area contributed by atoms with Gasteiger partial charge in [-0.3, -0.25) is 4.79 Å². The van der Waals surface area contributed by atoms with Gasteiger partial charge < -0.3 is 15.5 Å². The van der Waals surface area contributed by atoms with E-state index < -0.39 is 10.0 Å². The zero-order valence-corrected chi connectivity index (χ0v) is 18.1. The Morgan fingerprint density at radius 2 is 1.69 bits per heavy atom. The molecule has 1 saturated heterocycles. The lowest BCUT2D eigenvalue weighted by Gasteiger charge is -2.20. The summed E-state index contributed by atoms with van der Waals surface area (Å²) in [4.78, 5) is 26.5. The number of sulfonamides is 1. The molecule has 2 N–H and O–H groups in total. The summed E-state index contributed by atoms with van der Waals surface area (Å²) in [5.74, 6) is 0.0993. The van der Waals surface area contributed by atoms with Gasteiger partial charge >= 0.3 is 6.03 Å². The number of carbonyl (C=O) groups excluding carboxylic acids is 2. The number of nitrogens with zero attached hydrogens (tertiary/aromatic N) is 2. The molecule has 0 atom stereocenters. The molecule has 0 aromatic heterocycles. The topological polar surface area (TPSA) is 98.8 Å². The zero-order valence-electron chi connectivity index (χ0n) is 17.3. The molecule has 2 rings (SSSR count). The van der Waals surface area contributed by atoms with Gasteiger partial charge in [0.1, 0.15) is 0 Å². The molecule has 0 saturated carbocycles. The number of urea groups is 1. The molecule has 1 aromatic rings. The minimum atomic E-state index is -3.19. The molecule has 29 heavy (non-hydrogen) atoms. The maximum Gasteiger partial charge on any atom is 0.319 e. The maximum atomic E-state index is 12.6. The van der Waals surface area contributed by atoms with Gasteiger partial charge in [-0.15, -0.1) is 0 Å². The third-order valence-electron chi connectivity index (χ3n) is 5.06. The molecule has 8 nitrogen and oxygen atoms in total. The molecule has 0 spiro atoms. The average Bonchev–Trinajstić information content (AvgIpc) is 3.00. The Morgan fingerprint density at radius 1 is 1.07 bits per heavy atom. The van der Waals surface area contributed by atoms with Crippen LogP contribution in [0.4, 0.5) is 10.5 Å². The van der Waals surface area contributed by atoms with Crippen LogP contribution in [-0.2, 0) is 10.0 Å². The highest BCUT2D eigenvalue weighted by molar-refractivity contribution is 7.89. The second-order valence-corrected chi connectivity index (χ2v) is 9.60. The van der Waals surface area contributed by atoms with Gasteiger partial charge in [0, 0.05) is 44.5 Å². The summed E-state index contributed by atoms with van der Waals surface area (Å²) in [5.41, 5.74) is 1.22. The highest BCUT2D eigenvalue weighted by Gasteiger charge is 2.17. The fourth-order valence-corrected chi connectivity index (χ4v) is 4.04. The van der Waals surface area contributed by atoms with Crippen molar-refractivity contribution in [1.29, 1.82) is 0 Å². The van der Waals surface area contributed by atoms with Gasteiger partial charge in [-0.2, -0.15) is 0 Å². The number of benzene rings is 1. The number of likely N-dealkylation sites (tertiary alicyclic amines) is 1. The highest BCUT2D eigenvalue weighted by Crippen LogP contribution is 2.15. The molecule has 0 unspecified atom stereocenters. The molecule has 162 valence electrons. The molecule has 3 amide bonds. The largest absolute Gasteiger partial charge is 0.339 e. The van der Waals surface area contributed by atoms with E-state index in [2.05, 4.69) is 10.6 Å². The maximum absolute atomic E-state index is 12.6. The van der Waals surface area contributed by atoms with Gasteiger partial charge in [-0.05, 0) is 50.5 Å². The smallest absolute Gasteiger partial charge is 0.319 e. The summed E-state index contributed by atoms with van der Waals surface area (Å²) in [5, 5.41) is 5.43. The Bertz CT molecular complexity index is 772. The second kappa shape index (κ2) is 11.2. The third kappa shape index (κ3) is 7.32. The van der Waals surface area contributed by atoms with Crippen LogP contribution in [-0.4, -0.2) is 68.5 Å². The van der Waals surface area contributed by atoms with Crippen LogP contribution in [0.25, 0.3) is 0 Å². The lowest BCUT2D eigenvalue weighted by atomic mass is 10.1. The molecule has 1 aliphatic rings. The van der Waals surface area contributed by atoms with E-state index in [4.69, 9.17) is 0 Å². The van der Waals surface area contributed by atoms with Crippen molar-refractivity contribution >= 4 is 27.6 Å². The second-order valence-electron chi connectivity index (χ2n) is 7.24. The van der Waals surface area contributed by atoms with Gasteiger partial charge in [0.2, 0.25) is 10.0 Å². The number of nitrogens with one attached hydrogen (secondary N) is 2. The van der Waals surface area contributed by atoms with E-state index in [0.717, 1.165) is 25.9 Å². The van der Waals surface area contributed by atoms with Gasteiger partial charge in [0.05, 0.1) is 5.75 Å². The first-order chi connectivity index (χ1) is 13.8. The van der Waals surface area contributed by atoms with E-state index in [9.17, 15) is 18.0 Å². The normalized spacial score (nSPS) is 15.1. The monoisotopic (exact) mass is 424 g/mol. The Labute approximate surface area is 173 Å². The summed E-state index contributed by atoms with van der Waals surface area (Å²) >= 11 is 0. The lowest BCUT2D eigenvalue weighted by Crippen LogP contribution is -2.34. The van der Waals surface area contributed by atoms with Crippen molar-refractivity contribution in [2.24, 2.45) is 0 Å². The predicted molar refractivity (Wildman–Crippen MR) is 115 cm³/mol. The van der Waals surface area contributed by atoms with Gasteiger partial charge in [-0.1, -0.05) is 12.8 Å². The summed E-state index contributed by atoms with van der Waals surface area (Å²) in [6, 6.07) is 6.52.